The van der Waals surface area contributed by atoms with Gasteiger partial charge >= 0.3 is 5.97 Å². The predicted molar refractivity (Wildman–Crippen MR) is 70.9 cm³/mol. The van der Waals surface area contributed by atoms with Gasteiger partial charge in [0.1, 0.15) is 6.04 Å². The van der Waals surface area contributed by atoms with Crippen LogP contribution in [0.1, 0.15) is 22.2 Å². The average Bonchev–Trinajstić information content (AvgIpc) is 2.98. The van der Waals surface area contributed by atoms with Gasteiger partial charge in [-0.2, -0.15) is 0 Å². The van der Waals surface area contributed by atoms with E-state index >= 15 is 0 Å². The number of rotatable bonds is 3. The van der Waals surface area contributed by atoms with Crippen molar-refractivity contribution in [2.45, 2.75) is 19.0 Å². The van der Waals surface area contributed by atoms with Crippen LogP contribution in [-0.4, -0.2) is 27.5 Å². The molecule has 3 heterocycles. The molecule has 6 heteroatoms. The number of hydrogen-bond donors (Lipinski definition) is 1. The molecule has 18 heavy (non-hydrogen) atoms. The molecule has 1 aliphatic rings. The van der Waals surface area contributed by atoms with E-state index in [1.807, 2.05) is 21.7 Å². The first-order valence-electron chi connectivity index (χ1n) is 5.66. The Kier molecular flexibility index (Phi) is 3.15. The number of thiazole rings is 1. The molecule has 1 N–H and O–H groups in total. The number of fused-ring (bicyclic) bond motifs is 1. The summed E-state index contributed by atoms with van der Waals surface area (Å²) in [6, 6.07) is 1.41. The smallest absolute Gasteiger partial charge is 0.325 e. The molecule has 94 valence electrons. The number of carbonyl (C=O) groups is 1. The monoisotopic (exact) mass is 280 g/mol. The Morgan fingerprint density at radius 3 is 3.22 bits per heavy atom. The zero-order valence-electron chi connectivity index (χ0n) is 9.57. The van der Waals surface area contributed by atoms with Crippen LogP contribution in [0.3, 0.4) is 0 Å². The molecule has 2 aromatic rings. The first kappa shape index (κ1) is 11.8. The lowest BCUT2D eigenvalue weighted by atomic mass is 10.00. The summed E-state index contributed by atoms with van der Waals surface area (Å²) in [5.41, 5.74) is 3.68. The highest BCUT2D eigenvalue weighted by atomic mass is 32.1. The van der Waals surface area contributed by atoms with Crippen LogP contribution >= 0.6 is 22.7 Å². The summed E-state index contributed by atoms with van der Waals surface area (Å²) in [4.78, 5) is 18.9. The number of thiophene rings is 1. The van der Waals surface area contributed by atoms with Crippen molar-refractivity contribution in [3.05, 3.63) is 38.5 Å². The Morgan fingerprint density at radius 1 is 1.61 bits per heavy atom. The molecule has 0 aromatic carbocycles. The number of hydrogen-bond acceptors (Lipinski definition) is 5. The quantitative estimate of drug-likeness (QED) is 0.938. The van der Waals surface area contributed by atoms with Gasteiger partial charge in [0.2, 0.25) is 0 Å². The third-order valence-electron chi connectivity index (χ3n) is 3.15. The van der Waals surface area contributed by atoms with Crippen molar-refractivity contribution in [3.8, 4) is 0 Å². The fraction of sp³-hybridized carbons (Fsp3) is 0.333. The highest BCUT2D eigenvalue weighted by molar-refractivity contribution is 7.10. The van der Waals surface area contributed by atoms with Crippen molar-refractivity contribution in [1.29, 1.82) is 0 Å². The topological polar surface area (TPSA) is 53.4 Å². The first-order chi connectivity index (χ1) is 8.75. The van der Waals surface area contributed by atoms with Crippen molar-refractivity contribution in [1.82, 2.24) is 9.88 Å². The lowest BCUT2D eigenvalue weighted by Gasteiger charge is -2.32. The van der Waals surface area contributed by atoms with Gasteiger partial charge < -0.3 is 5.11 Å². The summed E-state index contributed by atoms with van der Waals surface area (Å²) in [5.74, 6) is -0.774. The highest BCUT2D eigenvalue weighted by Gasteiger charge is 2.33. The molecular weight excluding hydrogens is 268 g/mol. The first-order valence-corrected chi connectivity index (χ1v) is 7.48. The van der Waals surface area contributed by atoms with E-state index in [9.17, 15) is 9.90 Å². The Morgan fingerprint density at radius 2 is 2.50 bits per heavy atom. The summed E-state index contributed by atoms with van der Waals surface area (Å²) in [6.07, 6.45) is 0.931. The summed E-state index contributed by atoms with van der Waals surface area (Å²) >= 11 is 3.19. The second-order valence-corrected chi connectivity index (χ2v) is 5.96. The minimum Gasteiger partial charge on any atom is -0.480 e. The Hall–Kier alpha value is -1.24. The largest absolute Gasteiger partial charge is 0.480 e. The molecule has 2 aromatic heterocycles. The van der Waals surface area contributed by atoms with Crippen LogP contribution < -0.4 is 0 Å². The molecule has 4 nitrogen and oxygen atoms in total. The molecule has 1 aliphatic heterocycles. The van der Waals surface area contributed by atoms with E-state index in [2.05, 4.69) is 4.98 Å². The van der Waals surface area contributed by atoms with Gasteiger partial charge in [-0.15, -0.1) is 22.7 Å². The molecule has 0 fully saturated rings. The third-order valence-corrected chi connectivity index (χ3v) is 4.78. The fourth-order valence-corrected chi connectivity index (χ4v) is 3.80. The molecule has 1 unspecified atom stereocenters. The van der Waals surface area contributed by atoms with Crippen LogP contribution in [0.5, 0.6) is 0 Å². The van der Waals surface area contributed by atoms with E-state index in [1.165, 1.54) is 4.88 Å². The minimum absolute atomic E-state index is 0.526. The molecule has 0 amide bonds. The standard InChI is InChI=1S/C12H12N2O2S2/c15-12(16)11-9-2-4-18-10(9)1-3-14(11)5-8-6-17-7-13-8/h2,4,6-7,11H,1,3,5H2,(H,15,16). The second-order valence-electron chi connectivity index (χ2n) is 4.24. The van der Waals surface area contributed by atoms with Crippen LogP contribution in [-0.2, 0) is 17.8 Å². The van der Waals surface area contributed by atoms with Gasteiger partial charge in [-0.3, -0.25) is 9.69 Å². The van der Waals surface area contributed by atoms with Crippen molar-refractivity contribution >= 4 is 28.6 Å². The summed E-state index contributed by atoms with van der Waals surface area (Å²) < 4.78 is 0. The van der Waals surface area contributed by atoms with Crippen molar-refractivity contribution in [2.24, 2.45) is 0 Å². The molecular formula is C12H12N2O2S2. The molecule has 0 saturated heterocycles. The van der Waals surface area contributed by atoms with Gasteiger partial charge in [-0.05, 0) is 23.4 Å². The number of carboxylic acids is 1. The van der Waals surface area contributed by atoms with E-state index in [0.29, 0.717) is 6.54 Å². The Bertz CT molecular complexity index is 550. The maximum atomic E-state index is 11.5. The molecule has 1 atom stereocenters. The number of aromatic nitrogens is 1. The van der Waals surface area contributed by atoms with E-state index in [1.54, 1.807) is 28.2 Å². The zero-order valence-corrected chi connectivity index (χ0v) is 11.2. The van der Waals surface area contributed by atoms with Gasteiger partial charge in [-0.25, -0.2) is 4.98 Å². The molecule has 0 bridgehead atoms. The summed E-state index contributed by atoms with van der Waals surface area (Å²) in [5, 5.41) is 13.4. The fourth-order valence-electron chi connectivity index (χ4n) is 2.35. The van der Waals surface area contributed by atoms with Crippen molar-refractivity contribution < 1.29 is 9.90 Å². The molecule has 0 aliphatic carbocycles. The SMILES string of the molecule is O=C(O)C1c2ccsc2CCN1Cc1cscn1. The summed E-state index contributed by atoms with van der Waals surface area (Å²) in [7, 11) is 0. The summed E-state index contributed by atoms with van der Waals surface area (Å²) in [6.45, 7) is 1.39. The van der Waals surface area contributed by atoms with E-state index in [4.69, 9.17) is 0 Å². The van der Waals surface area contributed by atoms with Gasteiger partial charge in [0, 0.05) is 23.3 Å². The van der Waals surface area contributed by atoms with Crippen LogP contribution in [0.25, 0.3) is 0 Å². The zero-order chi connectivity index (χ0) is 12.5. The van der Waals surface area contributed by atoms with Crippen LogP contribution in [0.15, 0.2) is 22.3 Å². The van der Waals surface area contributed by atoms with E-state index < -0.39 is 12.0 Å². The van der Waals surface area contributed by atoms with Crippen molar-refractivity contribution in [2.75, 3.05) is 6.54 Å². The van der Waals surface area contributed by atoms with Gasteiger partial charge in [-0.1, -0.05) is 0 Å². The van der Waals surface area contributed by atoms with Crippen LogP contribution in [0, 0.1) is 0 Å². The molecule has 0 radical (unpaired) electrons. The van der Waals surface area contributed by atoms with Crippen LogP contribution in [0.4, 0.5) is 0 Å². The maximum Gasteiger partial charge on any atom is 0.325 e. The second kappa shape index (κ2) is 4.79. The normalized spacial score (nSPS) is 19.7. The van der Waals surface area contributed by atoms with Gasteiger partial charge in [0.15, 0.2) is 0 Å². The maximum absolute atomic E-state index is 11.5. The third kappa shape index (κ3) is 2.07. The number of aliphatic carboxylic acids is 1. The highest BCUT2D eigenvalue weighted by Crippen LogP contribution is 2.34. The van der Waals surface area contributed by atoms with Gasteiger partial charge in [0.05, 0.1) is 11.2 Å². The minimum atomic E-state index is -0.774. The van der Waals surface area contributed by atoms with Crippen LogP contribution in [0.2, 0.25) is 0 Å². The van der Waals surface area contributed by atoms with Crippen molar-refractivity contribution in [3.63, 3.8) is 0 Å². The van der Waals surface area contributed by atoms with E-state index in [-0.39, 0.29) is 0 Å². The van der Waals surface area contributed by atoms with E-state index in [0.717, 1.165) is 24.2 Å². The van der Waals surface area contributed by atoms with Gasteiger partial charge in [0.25, 0.3) is 0 Å². The number of nitrogens with zero attached hydrogens (tertiary/aromatic N) is 2. The Labute approximate surface area is 113 Å². The lowest BCUT2D eigenvalue weighted by molar-refractivity contribution is -0.144. The molecule has 0 spiro atoms. The molecule has 3 rings (SSSR count). The number of carboxylic acid groups (broad SMARTS) is 1. The molecule has 0 saturated carbocycles. The average molecular weight is 280 g/mol. The predicted octanol–water partition coefficient (Wildman–Crippen LogP) is 2.39. The Balaban J connectivity index is 1.89. The lowest BCUT2D eigenvalue weighted by Crippen LogP contribution is -2.38.